The number of aliphatic carboxylic acids is 1. The SMILES string of the molecule is CCOc1c(F)cccc1C(=O)N1CCO[C@@H](CC(=O)O)C1. The number of benzene rings is 1. The largest absolute Gasteiger partial charge is 0.490 e. The molecule has 1 fully saturated rings. The first-order valence-corrected chi connectivity index (χ1v) is 7.07. The minimum absolute atomic E-state index is 0.0729. The van der Waals surface area contributed by atoms with Gasteiger partial charge in [0.1, 0.15) is 0 Å². The third-order valence-corrected chi connectivity index (χ3v) is 3.31. The molecule has 1 N–H and O–H groups in total. The van der Waals surface area contributed by atoms with Gasteiger partial charge in [-0.2, -0.15) is 0 Å². The van der Waals surface area contributed by atoms with E-state index < -0.39 is 17.9 Å². The number of para-hydroxylation sites is 1. The molecule has 2 rings (SSSR count). The third kappa shape index (κ3) is 3.73. The Morgan fingerprint density at radius 3 is 2.95 bits per heavy atom. The number of carboxylic acid groups (broad SMARTS) is 1. The zero-order valence-electron chi connectivity index (χ0n) is 12.3. The summed E-state index contributed by atoms with van der Waals surface area (Å²) >= 11 is 0. The van der Waals surface area contributed by atoms with E-state index in [0.717, 1.165) is 0 Å². The number of morpholine rings is 1. The van der Waals surface area contributed by atoms with Crippen molar-refractivity contribution in [1.82, 2.24) is 4.90 Å². The summed E-state index contributed by atoms with van der Waals surface area (Å²) in [6.45, 7) is 2.69. The highest BCUT2D eigenvalue weighted by Gasteiger charge is 2.28. The summed E-state index contributed by atoms with van der Waals surface area (Å²) in [5.74, 6) is -2.04. The highest BCUT2D eigenvalue weighted by molar-refractivity contribution is 5.97. The maximum Gasteiger partial charge on any atom is 0.306 e. The van der Waals surface area contributed by atoms with Crippen molar-refractivity contribution in [2.45, 2.75) is 19.4 Å². The lowest BCUT2D eigenvalue weighted by Gasteiger charge is -2.32. The predicted molar refractivity (Wildman–Crippen MR) is 75.5 cm³/mol. The minimum Gasteiger partial charge on any atom is -0.490 e. The van der Waals surface area contributed by atoms with Crippen LogP contribution < -0.4 is 4.74 Å². The maximum absolute atomic E-state index is 13.8. The number of carboxylic acids is 1. The van der Waals surface area contributed by atoms with Crippen molar-refractivity contribution in [3.05, 3.63) is 29.6 Å². The quantitative estimate of drug-likeness (QED) is 0.892. The molecule has 1 aromatic rings. The highest BCUT2D eigenvalue weighted by Crippen LogP contribution is 2.25. The minimum atomic E-state index is -0.986. The van der Waals surface area contributed by atoms with Crippen LogP contribution in [-0.4, -0.2) is 54.3 Å². The zero-order valence-corrected chi connectivity index (χ0v) is 12.3. The molecule has 7 heteroatoms. The van der Waals surface area contributed by atoms with Crippen molar-refractivity contribution in [2.75, 3.05) is 26.3 Å². The fraction of sp³-hybridized carbons (Fsp3) is 0.467. The number of hydrogen-bond acceptors (Lipinski definition) is 4. The van der Waals surface area contributed by atoms with Gasteiger partial charge in [-0.25, -0.2) is 4.39 Å². The molecule has 0 radical (unpaired) electrons. The van der Waals surface area contributed by atoms with E-state index in [1.54, 1.807) is 6.92 Å². The van der Waals surface area contributed by atoms with Crippen LogP contribution in [0.4, 0.5) is 4.39 Å². The summed E-state index contributed by atoms with van der Waals surface area (Å²) in [6.07, 6.45) is -0.732. The molecule has 120 valence electrons. The summed E-state index contributed by atoms with van der Waals surface area (Å²) in [5, 5.41) is 8.81. The number of rotatable bonds is 5. The van der Waals surface area contributed by atoms with E-state index in [0.29, 0.717) is 6.54 Å². The summed E-state index contributed by atoms with van der Waals surface area (Å²) in [7, 11) is 0. The lowest BCUT2D eigenvalue weighted by Crippen LogP contribution is -2.46. The van der Waals surface area contributed by atoms with Gasteiger partial charge >= 0.3 is 5.97 Å². The third-order valence-electron chi connectivity index (χ3n) is 3.31. The van der Waals surface area contributed by atoms with Crippen LogP contribution in [0.25, 0.3) is 0 Å². The number of ether oxygens (including phenoxy) is 2. The van der Waals surface area contributed by atoms with Crippen LogP contribution in [0.15, 0.2) is 18.2 Å². The van der Waals surface area contributed by atoms with Crippen LogP contribution in [-0.2, 0) is 9.53 Å². The summed E-state index contributed by atoms with van der Waals surface area (Å²) in [4.78, 5) is 24.8. The summed E-state index contributed by atoms with van der Waals surface area (Å²) in [6, 6.07) is 4.17. The van der Waals surface area contributed by atoms with Crippen LogP contribution in [0.5, 0.6) is 5.75 Å². The van der Waals surface area contributed by atoms with Crippen LogP contribution in [0.2, 0.25) is 0 Å². The van der Waals surface area contributed by atoms with Crippen molar-refractivity contribution in [3.63, 3.8) is 0 Å². The fourth-order valence-corrected chi connectivity index (χ4v) is 2.36. The Hall–Kier alpha value is -2.15. The summed E-state index contributed by atoms with van der Waals surface area (Å²) < 4.78 is 24.4. The van der Waals surface area contributed by atoms with Crippen molar-refractivity contribution in [3.8, 4) is 5.75 Å². The van der Waals surface area contributed by atoms with Crippen molar-refractivity contribution in [2.24, 2.45) is 0 Å². The van der Waals surface area contributed by atoms with E-state index in [4.69, 9.17) is 14.6 Å². The molecular weight excluding hydrogens is 293 g/mol. The van der Waals surface area contributed by atoms with Gasteiger partial charge in [-0.1, -0.05) is 6.07 Å². The van der Waals surface area contributed by atoms with E-state index in [1.807, 2.05) is 0 Å². The lowest BCUT2D eigenvalue weighted by atomic mass is 10.1. The van der Waals surface area contributed by atoms with Gasteiger partial charge in [0.05, 0.1) is 31.3 Å². The van der Waals surface area contributed by atoms with Gasteiger partial charge in [0.15, 0.2) is 11.6 Å². The number of carbonyl (C=O) groups excluding carboxylic acids is 1. The molecule has 1 aromatic carbocycles. The number of hydrogen-bond donors (Lipinski definition) is 1. The summed E-state index contributed by atoms with van der Waals surface area (Å²) in [5.41, 5.74) is 0.137. The second kappa shape index (κ2) is 7.22. The molecule has 0 bridgehead atoms. The van der Waals surface area contributed by atoms with E-state index >= 15 is 0 Å². The molecule has 1 saturated heterocycles. The smallest absolute Gasteiger partial charge is 0.306 e. The average molecular weight is 311 g/mol. The zero-order chi connectivity index (χ0) is 16.1. The second-order valence-electron chi connectivity index (χ2n) is 4.89. The van der Waals surface area contributed by atoms with Gasteiger partial charge in [0, 0.05) is 13.1 Å². The number of nitrogens with zero attached hydrogens (tertiary/aromatic N) is 1. The molecule has 1 amide bonds. The Bertz CT molecular complexity index is 563. The molecule has 6 nitrogen and oxygen atoms in total. The monoisotopic (exact) mass is 311 g/mol. The van der Waals surface area contributed by atoms with Crippen LogP contribution in [0.1, 0.15) is 23.7 Å². The van der Waals surface area contributed by atoms with Gasteiger partial charge in [0.2, 0.25) is 0 Å². The highest BCUT2D eigenvalue weighted by atomic mass is 19.1. The van der Waals surface area contributed by atoms with Gasteiger partial charge in [-0.05, 0) is 19.1 Å². The first-order valence-electron chi connectivity index (χ1n) is 7.07. The lowest BCUT2D eigenvalue weighted by molar-refractivity contribution is -0.141. The molecule has 0 spiro atoms. The Balaban J connectivity index is 2.17. The molecule has 0 aromatic heterocycles. The van der Waals surface area contributed by atoms with Gasteiger partial charge in [-0.3, -0.25) is 9.59 Å². The Kier molecular flexibility index (Phi) is 5.32. The first-order chi connectivity index (χ1) is 10.5. The molecule has 1 atom stereocenters. The molecular formula is C15H18FNO5. The number of halogens is 1. The van der Waals surface area contributed by atoms with Crippen molar-refractivity contribution >= 4 is 11.9 Å². The molecule has 0 saturated carbocycles. The molecule has 22 heavy (non-hydrogen) atoms. The van der Waals surface area contributed by atoms with Gasteiger partial charge in [0.25, 0.3) is 5.91 Å². The van der Waals surface area contributed by atoms with Crippen LogP contribution in [0, 0.1) is 5.82 Å². The number of carbonyl (C=O) groups is 2. The standard InChI is InChI=1S/C15H18FNO5/c1-2-21-14-11(4-3-5-12(14)16)15(20)17-6-7-22-10(9-17)8-13(18)19/h3-5,10H,2,6-9H2,1H3,(H,18,19)/t10-/m0/s1. The second-order valence-corrected chi connectivity index (χ2v) is 4.89. The average Bonchev–Trinajstić information content (AvgIpc) is 2.48. The topological polar surface area (TPSA) is 76.1 Å². The molecule has 1 heterocycles. The molecule has 0 unspecified atom stereocenters. The molecule has 1 aliphatic heterocycles. The first kappa shape index (κ1) is 16.2. The normalized spacial score (nSPS) is 18.1. The van der Waals surface area contributed by atoms with Gasteiger partial charge in [-0.15, -0.1) is 0 Å². The fourth-order valence-electron chi connectivity index (χ4n) is 2.36. The van der Waals surface area contributed by atoms with Gasteiger partial charge < -0.3 is 19.5 Å². The van der Waals surface area contributed by atoms with Crippen molar-refractivity contribution in [1.29, 1.82) is 0 Å². The van der Waals surface area contributed by atoms with E-state index in [1.165, 1.54) is 23.1 Å². The Labute approximate surface area is 127 Å². The van der Waals surface area contributed by atoms with Crippen molar-refractivity contribution < 1.29 is 28.6 Å². The Morgan fingerprint density at radius 1 is 1.50 bits per heavy atom. The van der Waals surface area contributed by atoms with Crippen LogP contribution >= 0.6 is 0 Å². The maximum atomic E-state index is 13.8. The van der Waals surface area contributed by atoms with E-state index in [-0.39, 0.29) is 43.4 Å². The van der Waals surface area contributed by atoms with Crippen LogP contribution in [0.3, 0.4) is 0 Å². The van der Waals surface area contributed by atoms with E-state index in [2.05, 4.69) is 0 Å². The Morgan fingerprint density at radius 2 is 2.27 bits per heavy atom. The van der Waals surface area contributed by atoms with E-state index in [9.17, 15) is 14.0 Å². The number of amides is 1. The predicted octanol–water partition coefficient (Wildman–Crippen LogP) is 1.54. The molecule has 0 aliphatic carbocycles. The molecule has 1 aliphatic rings.